The zero-order valence-corrected chi connectivity index (χ0v) is 12.9. The Morgan fingerprint density at radius 3 is 2.76 bits per heavy atom. The van der Waals surface area contributed by atoms with E-state index >= 15 is 0 Å². The molecule has 1 N–H and O–H groups in total. The number of thioether (sulfide) groups is 2. The van der Waals surface area contributed by atoms with Crippen molar-refractivity contribution in [3.05, 3.63) is 0 Å². The summed E-state index contributed by atoms with van der Waals surface area (Å²) >= 11 is 4.33. The summed E-state index contributed by atoms with van der Waals surface area (Å²) in [5, 5.41) is 4.34. The summed E-state index contributed by atoms with van der Waals surface area (Å²) in [4.78, 5) is 2.72. The van der Waals surface area contributed by atoms with E-state index in [-0.39, 0.29) is 0 Å². The Morgan fingerprint density at radius 2 is 2.12 bits per heavy atom. The molecule has 2 fully saturated rings. The van der Waals surface area contributed by atoms with Gasteiger partial charge in [0.05, 0.1) is 0 Å². The van der Waals surface area contributed by atoms with Crippen molar-refractivity contribution in [3.63, 3.8) is 0 Å². The summed E-state index contributed by atoms with van der Waals surface area (Å²) in [5.74, 6) is 4.84. The topological polar surface area (TPSA) is 15.3 Å². The van der Waals surface area contributed by atoms with E-state index in [0.717, 1.165) is 23.3 Å². The summed E-state index contributed by atoms with van der Waals surface area (Å²) < 4.78 is 0. The molecule has 0 aromatic rings. The highest BCUT2D eigenvalue weighted by molar-refractivity contribution is 8.06. The SMILES string of the molecule is CNC1CCN(CC2CSCCS2)C(C)C1C. The van der Waals surface area contributed by atoms with Crippen LogP contribution < -0.4 is 5.32 Å². The van der Waals surface area contributed by atoms with Crippen molar-refractivity contribution in [1.82, 2.24) is 10.2 Å². The minimum Gasteiger partial charge on any atom is -0.317 e. The van der Waals surface area contributed by atoms with Crippen molar-refractivity contribution in [1.29, 1.82) is 0 Å². The Labute approximate surface area is 115 Å². The number of likely N-dealkylation sites (tertiary alicyclic amines) is 1. The van der Waals surface area contributed by atoms with E-state index in [4.69, 9.17) is 0 Å². The highest BCUT2D eigenvalue weighted by atomic mass is 32.2. The zero-order chi connectivity index (χ0) is 12.3. The van der Waals surface area contributed by atoms with E-state index in [1.807, 2.05) is 0 Å². The molecule has 0 amide bonds. The monoisotopic (exact) mass is 274 g/mol. The van der Waals surface area contributed by atoms with Gasteiger partial charge in [0.2, 0.25) is 0 Å². The molecule has 4 unspecified atom stereocenters. The molecule has 17 heavy (non-hydrogen) atoms. The first-order chi connectivity index (χ1) is 8.22. The highest BCUT2D eigenvalue weighted by Gasteiger charge is 2.32. The van der Waals surface area contributed by atoms with Crippen LogP contribution in [0.15, 0.2) is 0 Å². The number of rotatable bonds is 3. The van der Waals surface area contributed by atoms with Gasteiger partial charge in [0, 0.05) is 41.1 Å². The van der Waals surface area contributed by atoms with Crippen molar-refractivity contribution < 1.29 is 0 Å². The molecule has 0 bridgehead atoms. The predicted octanol–water partition coefficient (Wildman–Crippen LogP) is 2.15. The summed E-state index contributed by atoms with van der Waals surface area (Å²) in [6, 6.07) is 1.45. The minimum absolute atomic E-state index is 0.717. The molecule has 2 rings (SSSR count). The lowest BCUT2D eigenvalue weighted by atomic mass is 9.87. The fourth-order valence-electron chi connectivity index (χ4n) is 3.01. The van der Waals surface area contributed by atoms with Crippen molar-refractivity contribution in [2.24, 2.45) is 5.92 Å². The van der Waals surface area contributed by atoms with Crippen LogP contribution in [0.2, 0.25) is 0 Å². The van der Waals surface area contributed by atoms with Gasteiger partial charge in [-0.15, -0.1) is 0 Å². The van der Waals surface area contributed by atoms with E-state index < -0.39 is 0 Å². The van der Waals surface area contributed by atoms with E-state index in [9.17, 15) is 0 Å². The molecule has 0 radical (unpaired) electrons. The number of piperidine rings is 1. The second kappa shape index (κ2) is 6.69. The van der Waals surface area contributed by atoms with Crippen LogP contribution in [0.1, 0.15) is 20.3 Å². The average Bonchev–Trinajstić information content (AvgIpc) is 2.37. The fourth-order valence-corrected chi connectivity index (χ4v) is 5.70. The van der Waals surface area contributed by atoms with Crippen molar-refractivity contribution in [2.45, 2.75) is 37.6 Å². The summed E-state index contributed by atoms with van der Waals surface area (Å²) in [5.41, 5.74) is 0. The van der Waals surface area contributed by atoms with Crippen molar-refractivity contribution in [2.75, 3.05) is 37.4 Å². The third-order valence-corrected chi connectivity index (χ3v) is 7.22. The second-order valence-electron chi connectivity index (χ2n) is 5.35. The third-order valence-electron chi connectivity index (χ3n) is 4.39. The van der Waals surface area contributed by atoms with Gasteiger partial charge in [0.15, 0.2) is 0 Å². The lowest BCUT2D eigenvalue weighted by Crippen LogP contribution is -2.54. The fraction of sp³-hybridized carbons (Fsp3) is 1.00. The summed E-state index contributed by atoms with van der Waals surface area (Å²) in [6.07, 6.45) is 1.31. The van der Waals surface area contributed by atoms with Crippen LogP contribution in [0.4, 0.5) is 0 Å². The summed E-state index contributed by atoms with van der Waals surface area (Å²) in [7, 11) is 2.11. The maximum atomic E-state index is 3.47. The van der Waals surface area contributed by atoms with Gasteiger partial charge >= 0.3 is 0 Å². The van der Waals surface area contributed by atoms with Crippen LogP contribution in [-0.4, -0.2) is 59.6 Å². The standard InChI is InChI=1S/C13H26N2S2/c1-10-11(2)15(5-4-13(10)14-3)8-12-9-16-6-7-17-12/h10-14H,4-9H2,1-3H3. The smallest absolute Gasteiger partial charge is 0.0265 e. The first kappa shape index (κ1) is 14.0. The lowest BCUT2D eigenvalue weighted by Gasteiger charge is -2.44. The third kappa shape index (κ3) is 3.55. The molecule has 2 aliphatic heterocycles. The Morgan fingerprint density at radius 1 is 1.29 bits per heavy atom. The molecule has 100 valence electrons. The van der Waals surface area contributed by atoms with E-state index in [1.165, 1.54) is 36.8 Å². The van der Waals surface area contributed by atoms with Gasteiger partial charge in [-0.1, -0.05) is 6.92 Å². The maximum Gasteiger partial charge on any atom is 0.0265 e. The van der Waals surface area contributed by atoms with Gasteiger partial charge in [-0.05, 0) is 32.9 Å². The molecule has 2 nitrogen and oxygen atoms in total. The highest BCUT2D eigenvalue weighted by Crippen LogP contribution is 2.29. The first-order valence-electron chi connectivity index (χ1n) is 6.83. The van der Waals surface area contributed by atoms with Crippen LogP contribution in [0.25, 0.3) is 0 Å². The first-order valence-corrected chi connectivity index (χ1v) is 9.03. The zero-order valence-electron chi connectivity index (χ0n) is 11.3. The minimum atomic E-state index is 0.717. The molecule has 2 saturated heterocycles. The average molecular weight is 274 g/mol. The molecular weight excluding hydrogens is 248 g/mol. The van der Waals surface area contributed by atoms with Crippen LogP contribution >= 0.6 is 23.5 Å². The van der Waals surface area contributed by atoms with E-state index in [1.54, 1.807) is 0 Å². The molecule has 0 aromatic carbocycles. The Balaban J connectivity index is 1.84. The van der Waals surface area contributed by atoms with Gasteiger partial charge in [-0.3, -0.25) is 4.90 Å². The largest absolute Gasteiger partial charge is 0.317 e. The van der Waals surface area contributed by atoms with Gasteiger partial charge in [-0.2, -0.15) is 23.5 Å². The number of hydrogen-bond acceptors (Lipinski definition) is 4. The van der Waals surface area contributed by atoms with Crippen molar-refractivity contribution in [3.8, 4) is 0 Å². The number of nitrogens with zero attached hydrogens (tertiary/aromatic N) is 1. The molecular formula is C13H26N2S2. The second-order valence-corrected chi connectivity index (χ2v) is 7.90. The van der Waals surface area contributed by atoms with Crippen LogP contribution in [0.3, 0.4) is 0 Å². The Bertz CT molecular complexity index is 231. The van der Waals surface area contributed by atoms with Crippen LogP contribution in [0, 0.1) is 5.92 Å². The Hall–Kier alpha value is 0.620. The molecule has 0 aliphatic carbocycles. The quantitative estimate of drug-likeness (QED) is 0.848. The molecule has 2 heterocycles. The Kier molecular flexibility index (Phi) is 5.52. The predicted molar refractivity (Wildman–Crippen MR) is 81.2 cm³/mol. The molecule has 4 atom stereocenters. The molecule has 0 aromatic heterocycles. The van der Waals surface area contributed by atoms with E-state index in [2.05, 4.69) is 54.6 Å². The molecule has 0 saturated carbocycles. The lowest BCUT2D eigenvalue weighted by molar-refractivity contribution is 0.0894. The van der Waals surface area contributed by atoms with Gasteiger partial charge in [0.1, 0.15) is 0 Å². The maximum absolute atomic E-state index is 3.47. The number of nitrogens with one attached hydrogen (secondary N) is 1. The molecule has 4 heteroatoms. The van der Waals surface area contributed by atoms with E-state index in [0.29, 0.717) is 0 Å². The van der Waals surface area contributed by atoms with Crippen LogP contribution in [-0.2, 0) is 0 Å². The van der Waals surface area contributed by atoms with Crippen LogP contribution in [0.5, 0.6) is 0 Å². The van der Waals surface area contributed by atoms with Gasteiger partial charge in [-0.25, -0.2) is 0 Å². The molecule has 2 aliphatic rings. The molecule has 0 spiro atoms. The number of hydrogen-bond donors (Lipinski definition) is 1. The van der Waals surface area contributed by atoms with Gasteiger partial charge < -0.3 is 5.32 Å². The van der Waals surface area contributed by atoms with Crippen molar-refractivity contribution >= 4 is 23.5 Å². The normalized spacial score (nSPS) is 40.4. The summed E-state index contributed by atoms with van der Waals surface area (Å²) in [6.45, 7) is 7.40. The van der Waals surface area contributed by atoms with Gasteiger partial charge in [0.25, 0.3) is 0 Å².